The zero-order chi connectivity index (χ0) is 24.7. The van der Waals surface area contributed by atoms with Crippen LogP contribution in [0, 0.1) is 5.82 Å². The van der Waals surface area contributed by atoms with Gasteiger partial charge in [0.05, 0.1) is 11.4 Å². The minimum Gasteiger partial charge on any atom is -0.457 e. The molecule has 1 aliphatic rings. The maximum Gasteiger partial charge on any atom is 0.270 e. The van der Waals surface area contributed by atoms with Crippen LogP contribution in [0.25, 0.3) is 16.9 Å². The number of nitrogens with one attached hydrogen (secondary N) is 1. The van der Waals surface area contributed by atoms with Crippen LogP contribution in [0.5, 0.6) is 11.5 Å². The van der Waals surface area contributed by atoms with E-state index >= 15 is 0 Å². The molecule has 1 aliphatic heterocycles. The lowest BCUT2D eigenvalue weighted by molar-refractivity contribution is 0.0941. The Labute approximate surface area is 207 Å². The van der Waals surface area contributed by atoms with Crippen LogP contribution >= 0.6 is 0 Å². The van der Waals surface area contributed by atoms with Crippen LogP contribution in [-0.4, -0.2) is 62.2 Å². The summed E-state index contributed by atoms with van der Waals surface area (Å²) < 4.78 is 18.9. The zero-order valence-corrected chi connectivity index (χ0v) is 19.7. The maximum absolute atomic E-state index is 13.1. The van der Waals surface area contributed by atoms with Crippen molar-refractivity contribution in [2.45, 2.75) is 19.3 Å². The summed E-state index contributed by atoms with van der Waals surface area (Å²) in [6.45, 7) is 3.52. The highest BCUT2D eigenvalue weighted by atomic mass is 19.1. The highest BCUT2D eigenvalue weighted by molar-refractivity contribution is 5.93. The Kier molecular flexibility index (Phi) is 7.23. The molecule has 3 heterocycles. The second kappa shape index (κ2) is 11.0. The molecule has 10 heteroatoms. The molecule has 2 aromatic heterocycles. The number of hydrogen-bond acceptors (Lipinski definition) is 7. The van der Waals surface area contributed by atoms with Gasteiger partial charge in [-0.1, -0.05) is 6.42 Å². The Morgan fingerprint density at radius 2 is 1.69 bits per heavy atom. The lowest BCUT2D eigenvalue weighted by Crippen LogP contribution is -2.37. The van der Waals surface area contributed by atoms with E-state index in [1.165, 1.54) is 42.5 Å². The van der Waals surface area contributed by atoms with Crippen molar-refractivity contribution in [1.29, 1.82) is 0 Å². The Morgan fingerprint density at radius 3 is 2.39 bits per heavy atom. The van der Waals surface area contributed by atoms with Crippen LogP contribution in [-0.2, 0) is 0 Å². The molecule has 0 radical (unpaired) electrons. The Morgan fingerprint density at radius 1 is 0.972 bits per heavy atom. The lowest BCUT2D eigenvalue weighted by Gasteiger charge is -2.26. The standard InChI is InChI=1S/C26H26FN7O2/c27-20-6-10-23(11-7-20)36-22-8-4-19(5-9-22)24-16-21(34-30-18-29-32-34)17-25(31-24)26(35)28-12-15-33-13-2-1-3-14-33/h4-11,16-18H,1-3,12-15H2,(H,28,35). The van der Waals surface area contributed by atoms with Gasteiger partial charge in [-0.3, -0.25) is 4.79 Å². The number of ether oxygens (including phenoxy) is 1. The van der Waals surface area contributed by atoms with E-state index in [0.717, 1.165) is 25.2 Å². The topological polar surface area (TPSA) is 98.1 Å². The summed E-state index contributed by atoms with van der Waals surface area (Å²) >= 11 is 0. The second-order valence-electron chi connectivity index (χ2n) is 8.56. The summed E-state index contributed by atoms with van der Waals surface area (Å²) in [6.07, 6.45) is 5.02. The molecule has 0 bridgehead atoms. The number of amides is 1. The van der Waals surface area contributed by atoms with Crippen molar-refractivity contribution < 1.29 is 13.9 Å². The Hall–Kier alpha value is -4.18. The summed E-state index contributed by atoms with van der Waals surface area (Å²) in [5.74, 6) is 0.545. The average molecular weight is 488 g/mol. The monoisotopic (exact) mass is 487 g/mol. The van der Waals surface area contributed by atoms with E-state index in [1.807, 2.05) is 12.1 Å². The minimum absolute atomic E-state index is 0.258. The molecule has 1 fully saturated rings. The number of halogens is 1. The van der Waals surface area contributed by atoms with Crippen LogP contribution in [0.15, 0.2) is 67.0 Å². The third-order valence-electron chi connectivity index (χ3n) is 5.98. The highest BCUT2D eigenvalue weighted by Crippen LogP contribution is 2.26. The van der Waals surface area contributed by atoms with Gasteiger partial charge in [-0.05, 0) is 91.8 Å². The first-order valence-electron chi connectivity index (χ1n) is 11.9. The SMILES string of the molecule is O=C(NCCN1CCCCC1)c1cc(-n2ncnn2)cc(-c2ccc(Oc3ccc(F)cc3)cc2)n1. The summed E-state index contributed by atoms with van der Waals surface area (Å²) in [6, 6.07) is 16.5. The van der Waals surface area contributed by atoms with Crippen molar-refractivity contribution in [3.63, 3.8) is 0 Å². The van der Waals surface area contributed by atoms with Gasteiger partial charge in [0.2, 0.25) is 0 Å². The van der Waals surface area contributed by atoms with E-state index in [1.54, 1.807) is 36.4 Å². The number of benzene rings is 2. The fourth-order valence-electron chi connectivity index (χ4n) is 4.11. The van der Waals surface area contributed by atoms with E-state index in [2.05, 4.69) is 30.6 Å². The number of aromatic nitrogens is 5. The minimum atomic E-state index is -0.322. The molecule has 36 heavy (non-hydrogen) atoms. The zero-order valence-electron chi connectivity index (χ0n) is 19.7. The van der Waals surface area contributed by atoms with E-state index in [0.29, 0.717) is 29.4 Å². The van der Waals surface area contributed by atoms with Crippen molar-refractivity contribution in [2.75, 3.05) is 26.2 Å². The summed E-state index contributed by atoms with van der Waals surface area (Å²) in [5, 5.41) is 14.8. The van der Waals surface area contributed by atoms with Gasteiger partial charge in [-0.25, -0.2) is 9.37 Å². The molecule has 0 unspecified atom stereocenters. The number of nitrogens with zero attached hydrogens (tertiary/aromatic N) is 6. The molecule has 9 nitrogen and oxygen atoms in total. The van der Waals surface area contributed by atoms with E-state index in [-0.39, 0.29) is 17.4 Å². The summed E-state index contributed by atoms with van der Waals surface area (Å²) in [5.41, 5.74) is 2.21. The number of tetrazole rings is 1. The molecule has 5 rings (SSSR count). The van der Waals surface area contributed by atoms with Crippen LogP contribution < -0.4 is 10.1 Å². The van der Waals surface area contributed by atoms with Gasteiger partial charge in [0.1, 0.15) is 23.0 Å². The molecular weight excluding hydrogens is 461 g/mol. The average Bonchev–Trinajstić information content (AvgIpc) is 3.46. The van der Waals surface area contributed by atoms with E-state index in [9.17, 15) is 9.18 Å². The van der Waals surface area contributed by atoms with Crippen LogP contribution in [0.1, 0.15) is 29.8 Å². The van der Waals surface area contributed by atoms with Gasteiger partial charge in [0.15, 0.2) is 6.33 Å². The normalized spacial score (nSPS) is 13.9. The van der Waals surface area contributed by atoms with E-state index in [4.69, 9.17) is 4.74 Å². The number of pyridine rings is 1. The predicted octanol–water partition coefficient (Wildman–Crippen LogP) is 3.87. The molecule has 0 aliphatic carbocycles. The van der Waals surface area contributed by atoms with Gasteiger partial charge in [-0.2, -0.15) is 0 Å². The van der Waals surface area contributed by atoms with E-state index < -0.39 is 0 Å². The predicted molar refractivity (Wildman–Crippen MR) is 131 cm³/mol. The van der Waals surface area contributed by atoms with Crippen molar-refractivity contribution >= 4 is 5.91 Å². The number of piperidine rings is 1. The third kappa shape index (κ3) is 5.89. The van der Waals surface area contributed by atoms with Crippen molar-refractivity contribution in [2.24, 2.45) is 0 Å². The molecular formula is C26H26FN7O2. The fourth-order valence-corrected chi connectivity index (χ4v) is 4.11. The second-order valence-corrected chi connectivity index (χ2v) is 8.56. The van der Waals surface area contributed by atoms with Gasteiger partial charge < -0.3 is 15.0 Å². The first-order valence-corrected chi connectivity index (χ1v) is 11.9. The molecule has 0 spiro atoms. The van der Waals surface area contributed by atoms with Crippen molar-refractivity contribution in [3.05, 3.63) is 78.5 Å². The Bertz CT molecular complexity index is 1290. The largest absolute Gasteiger partial charge is 0.457 e. The van der Waals surface area contributed by atoms with Crippen LogP contribution in [0.4, 0.5) is 4.39 Å². The Balaban J connectivity index is 1.34. The molecule has 2 aromatic carbocycles. The number of rotatable bonds is 8. The van der Waals surface area contributed by atoms with Crippen LogP contribution in [0.3, 0.4) is 0 Å². The molecule has 4 aromatic rings. The van der Waals surface area contributed by atoms with Gasteiger partial charge >= 0.3 is 0 Å². The summed E-state index contributed by atoms with van der Waals surface area (Å²) in [4.78, 5) is 21.3. The number of likely N-dealkylation sites (tertiary alicyclic amines) is 1. The number of hydrogen-bond donors (Lipinski definition) is 1. The first-order chi connectivity index (χ1) is 17.6. The van der Waals surface area contributed by atoms with Crippen molar-refractivity contribution in [1.82, 2.24) is 35.4 Å². The quantitative estimate of drug-likeness (QED) is 0.403. The smallest absolute Gasteiger partial charge is 0.270 e. The van der Waals surface area contributed by atoms with Gasteiger partial charge in [0.25, 0.3) is 5.91 Å². The number of carbonyl (C=O) groups excluding carboxylic acids is 1. The maximum atomic E-state index is 13.1. The molecule has 1 N–H and O–H groups in total. The first kappa shape index (κ1) is 23.6. The summed E-state index contributed by atoms with van der Waals surface area (Å²) in [7, 11) is 0. The third-order valence-corrected chi connectivity index (χ3v) is 5.98. The highest BCUT2D eigenvalue weighted by Gasteiger charge is 2.15. The molecule has 1 amide bonds. The fraction of sp³-hybridized carbons (Fsp3) is 0.269. The molecule has 184 valence electrons. The molecule has 0 saturated carbocycles. The van der Waals surface area contributed by atoms with Gasteiger partial charge in [-0.15, -0.1) is 15.0 Å². The van der Waals surface area contributed by atoms with Gasteiger partial charge in [0, 0.05) is 18.7 Å². The number of carbonyl (C=O) groups is 1. The molecule has 0 atom stereocenters. The van der Waals surface area contributed by atoms with Crippen LogP contribution in [0.2, 0.25) is 0 Å². The molecule has 1 saturated heterocycles. The van der Waals surface area contributed by atoms with Crippen molar-refractivity contribution in [3.8, 4) is 28.4 Å². The lowest BCUT2D eigenvalue weighted by atomic mass is 10.1.